The average molecular weight is 1350 g/mol. The fraction of sp³-hybridized carbons (Fsp3) is 0.945. The van der Waals surface area contributed by atoms with Crippen molar-refractivity contribution in [1.82, 2.24) is 0 Å². The van der Waals surface area contributed by atoms with Crippen molar-refractivity contribution in [2.75, 3.05) is 39.6 Å². The highest BCUT2D eigenvalue weighted by Crippen LogP contribution is 2.45. The van der Waals surface area contributed by atoms with Gasteiger partial charge in [0.25, 0.3) is 0 Å². The lowest BCUT2D eigenvalue weighted by Gasteiger charge is -2.21. The summed E-state index contributed by atoms with van der Waals surface area (Å²) in [6.45, 7) is 7.13. The van der Waals surface area contributed by atoms with Crippen LogP contribution in [0.2, 0.25) is 0 Å². The topological polar surface area (TPSA) is 237 Å². The number of unbranched alkanes of at least 4 members (excludes halogenated alkanes) is 45. The van der Waals surface area contributed by atoms with Gasteiger partial charge in [0, 0.05) is 25.7 Å². The van der Waals surface area contributed by atoms with Crippen LogP contribution in [-0.2, 0) is 65.4 Å². The summed E-state index contributed by atoms with van der Waals surface area (Å²) in [6.07, 6.45) is 54.8. The van der Waals surface area contributed by atoms with Crippen LogP contribution in [0.5, 0.6) is 0 Å². The average Bonchev–Trinajstić information content (AvgIpc) is 2.22. The highest BCUT2D eigenvalue weighted by atomic mass is 31.2. The van der Waals surface area contributed by atoms with Gasteiger partial charge < -0.3 is 33.8 Å². The zero-order valence-corrected chi connectivity index (χ0v) is 61.5. The first kappa shape index (κ1) is 90.1. The lowest BCUT2D eigenvalue weighted by Crippen LogP contribution is -2.30. The first-order valence-electron chi connectivity index (χ1n) is 38.1. The summed E-state index contributed by atoms with van der Waals surface area (Å²) in [7, 11) is -9.89. The molecule has 0 bridgehead atoms. The molecule has 0 heterocycles. The molecule has 0 aliphatic carbocycles. The second-order valence-electron chi connectivity index (χ2n) is 26.8. The van der Waals surface area contributed by atoms with E-state index in [4.69, 9.17) is 37.0 Å². The first-order valence-corrected chi connectivity index (χ1v) is 41.1. The summed E-state index contributed by atoms with van der Waals surface area (Å²) >= 11 is 0. The van der Waals surface area contributed by atoms with Gasteiger partial charge in [-0.2, -0.15) is 0 Å². The fourth-order valence-corrected chi connectivity index (χ4v) is 12.8. The third-order valence-corrected chi connectivity index (χ3v) is 18.9. The molecule has 0 saturated heterocycles. The maximum atomic E-state index is 13.1. The molecule has 19 heteroatoms. The van der Waals surface area contributed by atoms with Gasteiger partial charge in [0.05, 0.1) is 26.4 Å². The third kappa shape index (κ3) is 66.7. The van der Waals surface area contributed by atoms with Crippen LogP contribution in [-0.4, -0.2) is 96.7 Å². The van der Waals surface area contributed by atoms with E-state index in [0.29, 0.717) is 25.7 Å². The third-order valence-electron chi connectivity index (χ3n) is 17.0. The number of phosphoric ester groups is 2. The van der Waals surface area contributed by atoms with Gasteiger partial charge in [0.15, 0.2) is 12.2 Å². The van der Waals surface area contributed by atoms with Gasteiger partial charge in [-0.05, 0) is 31.6 Å². The Hall–Kier alpha value is -1.94. The molecule has 3 N–H and O–H groups in total. The van der Waals surface area contributed by atoms with E-state index in [1.54, 1.807) is 0 Å². The molecular formula is C73H142O17P2. The molecule has 546 valence electrons. The van der Waals surface area contributed by atoms with Crippen molar-refractivity contribution < 1.29 is 80.2 Å². The smallest absolute Gasteiger partial charge is 0.462 e. The number of carbonyl (C=O) groups is 4. The number of aliphatic hydroxyl groups is 1. The van der Waals surface area contributed by atoms with Crippen molar-refractivity contribution in [3.63, 3.8) is 0 Å². The Morgan fingerprint density at radius 3 is 0.739 bits per heavy atom. The molecule has 17 nitrogen and oxygen atoms in total. The van der Waals surface area contributed by atoms with E-state index in [-0.39, 0.29) is 25.7 Å². The molecule has 0 aliphatic heterocycles. The zero-order chi connectivity index (χ0) is 67.7. The largest absolute Gasteiger partial charge is 0.472 e. The van der Waals surface area contributed by atoms with Crippen LogP contribution in [0.25, 0.3) is 0 Å². The molecule has 0 amide bonds. The standard InChI is InChI=1S/C73H142O17P2/c1-6-9-12-15-17-19-21-23-25-26-27-28-29-30-31-32-34-36-38-43-48-53-58-72(77)90-69(63-84-71(76)57-52-47-42-37-35-33-24-22-20-18-16-13-10-7-2)65-88-92(81,82)86-61-67(74)60-85-91(79,80)87-64-68(62-83-70(75)56-51-45-14-11-8-3)89-73(78)59-54-49-44-40-39-41-46-50-55-66(4)5/h66-69,74H,6-65H2,1-5H3,(H,79,80)(H,81,82)/t67-,68+,69+/m0/s1. The second-order valence-corrected chi connectivity index (χ2v) is 29.7. The molecule has 0 aromatic rings. The number of ether oxygens (including phenoxy) is 4. The van der Waals surface area contributed by atoms with Gasteiger partial charge in [0.2, 0.25) is 0 Å². The van der Waals surface area contributed by atoms with E-state index in [2.05, 4.69) is 34.6 Å². The minimum Gasteiger partial charge on any atom is -0.462 e. The second kappa shape index (κ2) is 66.3. The van der Waals surface area contributed by atoms with Crippen LogP contribution in [0.4, 0.5) is 0 Å². The number of hydrogen-bond acceptors (Lipinski definition) is 15. The summed E-state index contributed by atoms with van der Waals surface area (Å²) in [5.41, 5.74) is 0. The van der Waals surface area contributed by atoms with Crippen molar-refractivity contribution in [2.24, 2.45) is 5.92 Å². The highest BCUT2D eigenvalue weighted by molar-refractivity contribution is 7.47. The molecule has 0 spiro atoms. The Kier molecular flexibility index (Phi) is 64.9. The summed E-state index contributed by atoms with van der Waals surface area (Å²) in [5, 5.41) is 10.6. The van der Waals surface area contributed by atoms with E-state index < -0.39 is 97.5 Å². The predicted octanol–water partition coefficient (Wildman–Crippen LogP) is 21.3. The normalized spacial score (nSPS) is 14.0. The number of aliphatic hydroxyl groups excluding tert-OH is 1. The van der Waals surface area contributed by atoms with Gasteiger partial charge in [-0.25, -0.2) is 9.13 Å². The van der Waals surface area contributed by atoms with Crippen molar-refractivity contribution >= 4 is 39.5 Å². The molecule has 0 rings (SSSR count). The van der Waals surface area contributed by atoms with Gasteiger partial charge in [-0.3, -0.25) is 37.3 Å². The van der Waals surface area contributed by atoms with Crippen LogP contribution in [0.3, 0.4) is 0 Å². The van der Waals surface area contributed by atoms with E-state index in [9.17, 15) is 43.2 Å². The van der Waals surface area contributed by atoms with E-state index in [1.807, 2.05) is 0 Å². The quantitative estimate of drug-likeness (QED) is 0.0222. The number of carbonyl (C=O) groups excluding carboxylic acids is 4. The molecule has 0 radical (unpaired) electrons. The van der Waals surface area contributed by atoms with E-state index in [1.165, 1.54) is 199 Å². The Morgan fingerprint density at radius 1 is 0.293 bits per heavy atom. The number of rotatable bonds is 73. The van der Waals surface area contributed by atoms with Crippen LogP contribution in [0, 0.1) is 5.92 Å². The van der Waals surface area contributed by atoms with E-state index in [0.717, 1.165) is 102 Å². The molecule has 0 aromatic carbocycles. The zero-order valence-electron chi connectivity index (χ0n) is 59.7. The maximum Gasteiger partial charge on any atom is 0.472 e. The van der Waals surface area contributed by atoms with Crippen molar-refractivity contribution in [3.05, 3.63) is 0 Å². The highest BCUT2D eigenvalue weighted by Gasteiger charge is 2.30. The monoisotopic (exact) mass is 1350 g/mol. The lowest BCUT2D eigenvalue weighted by molar-refractivity contribution is -0.161. The van der Waals surface area contributed by atoms with Crippen LogP contribution in [0.15, 0.2) is 0 Å². The number of hydrogen-bond donors (Lipinski definition) is 3. The van der Waals surface area contributed by atoms with Gasteiger partial charge in [0.1, 0.15) is 19.3 Å². The Bertz CT molecular complexity index is 1770. The fourth-order valence-electron chi connectivity index (χ4n) is 11.2. The number of esters is 4. The Balaban J connectivity index is 5.10. The van der Waals surface area contributed by atoms with Crippen LogP contribution in [0.1, 0.15) is 381 Å². The SMILES string of the molecule is CCCCCCCCCCCCCCCCCCCCCCCCC(=O)O[C@H](COC(=O)CCCCCCCCCCCCCCCC)COP(=O)(O)OC[C@@H](O)COP(=O)(O)OC[C@@H](COC(=O)CCCCCCC)OC(=O)CCCCCCCCCCC(C)C. The van der Waals surface area contributed by atoms with Crippen molar-refractivity contribution in [2.45, 2.75) is 400 Å². The van der Waals surface area contributed by atoms with E-state index >= 15 is 0 Å². The van der Waals surface area contributed by atoms with Gasteiger partial charge in [-0.1, -0.05) is 330 Å². The first-order chi connectivity index (χ1) is 44.5. The lowest BCUT2D eigenvalue weighted by atomic mass is 10.0. The Labute approximate surface area is 562 Å². The molecular weight excluding hydrogens is 1210 g/mol. The molecule has 0 aromatic heterocycles. The summed E-state index contributed by atoms with van der Waals surface area (Å²) in [5.74, 6) is -1.41. The summed E-state index contributed by atoms with van der Waals surface area (Å²) in [6, 6.07) is 0. The Morgan fingerprint density at radius 2 is 0.500 bits per heavy atom. The molecule has 0 fully saturated rings. The summed E-state index contributed by atoms with van der Waals surface area (Å²) in [4.78, 5) is 72.3. The number of phosphoric acid groups is 2. The predicted molar refractivity (Wildman–Crippen MR) is 372 cm³/mol. The minimum atomic E-state index is -4.95. The van der Waals surface area contributed by atoms with Crippen molar-refractivity contribution in [3.8, 4) is 0 Å². The maximum absolute atomic E-state index is 13.1. The van der Waals surface area contributed by atoms with Crippen LogP contribution >= 0.6 is 15.6 Å². The molecule has 0 saturated carbocycles. The van der Waals surface area contributed by atoms with Gasteiger partial charge in [-0.15, -0.1) is 0 Å². The van der Waals surface area contributed by atoms with Crippen molar-refractivity contribution in [1.29, 1.82) is 0 Å². The molecule has 2 unspecified atom stereocenters. The molecule has 92 heavy (non-hydrogen) atoms. The molecule has 0 aliphatic rings. The van der Waals surface area contributed by atoms with Gasteiger partial charge >= 0.3 is 39.5 Å². The van der Waals surface area contributed by atoms with Crippen LogP contribution < -0.4 is 0 Å². The summed E-state index contributed by atoms with van der Waals surface area (Å²) < 4.78 is 68.1. The molecule has 5 atom stereocenters. The minimum absolute atomic E-state index is 0.104.